The lowest BCUT2D eigenvalue weighted by Gasteiger charge is -2.07. The lowest BCUT2D eigenvalue weighted by Crippen LogP contribution is -2.21. The number of aromatic amines is 1. The number of benzene rings is 2. The second kappa shape index (κ2) is 7.56. The molecule has 0 aliphatic rings. The Hall–Kier alpha value is -3.55. The molecule has 26 heavy (non-hydrogen) atoms. The summed E-state index contributed by atoms with van der Waals surface area (Å²) in [5, 5.41) is 8.67. The Bertz CT molecular complexity index is 942. The Morgan fingerprint density at radius 2 is 1.85 bits per heavy atom. The van der Waals surface area contributed by atoms with Crippen LogP contribution in [0.5, 0.6) is 0 Å². The maximum atomic E-state index is 13.5. The number of carbonyl (C=O) groups is 2. The van der Waals surface area contributed by atoms with Crippen molar-refractivity contribution in [1.29, 1.82) is 0 Å². The number of amides is 1. The third-order valence-corrected chi connectivity index (χ3v) is 3.40. The van der Waals surface area contributed by atoms with Crippen LogP contribution in [-0.4, -0.2) is 28.7 Å². The van der Waals surface area contributed by atoms with Gasteiger partial charge in [0.2, 0.25) is 0 Å². The van der Waals surface area contributed by atoms with E-state index >= 15 is 0 Å². The number of aromatic nitrogens is 2. The van der Waals surface area contributed by atoms with Gasteiger partial charge >= 0.3 is 5.97 Å². The Labute approximate surface area is 146 Å². The van der Waals surface area contributed by atoms with Gasteiger partial charge in [0.1, 0.15) is 17.3 Å². The Morgan fingerprint density at radius 1 is 1.08 bits per heavy atom. The number of anilines is 1. The van der Waals surface area contributed by atoms with E-state index in [1.54, 1.807) is 0 Å². The fraction of sp³-hybridized carbons (Fsp3) is 0.0556. The summed E-state index contributed by atoms with van der Waals surface area (Å²) >= 11 is 0. The molecule has 6 nitrogen and oxygen atoms in total. The molecule has 0 saturated carbocycles. The van der Waals surface area contributed by atoms with Crippen molar-refractivity contribution in [1.82, 2.24) is 10.2 Å². The number of nitrogens with one attached hydrogen (secondary N) is 2. The van der Waals surface area contributed by atoms with Gasteiger partial charge in [-0.25, -0.2) is 13.6 Å². The van der Waals surface area contributed by atoms with Crippen LogP contribution in [0.25, 0.3) is 11.3 Å². The smallest absolute Gasteiger partial charge is 0.356 e. The van der Waals surface area contributed by atoms with Crippen LogP contribution >= 0.6 is 0 Å². The highest BCUT2D eigenvalue weighted by molar-refractivity contribution is 5.95. The van der Waals surface area contributed by atoms with Crippen LogP contribution in [0.1, 0.15) is 10.5 Å². The summed E-state index contributed by atoms with van der Waals surface area (Å²) in [7, 11) is 0. The first-order valence-electron chi connectivity index (χ1n) is 7.56. The molecular formula is C18H13F2N3O3. The molecule has 0 atom stereocenters. The largest absolute Gasteiger partial charge is 0.451 e. The molecule has 1 aromatic heterocycles. The SMILES string of the molecule is O=C(COC(=O)c1cc(-c2ccccc2)n[nH]1)Nc1cc(F)ccc1F. The predicted molar refractivity (Wildman–Crippen MR) is 89.3 cm³/mol. The molecule has 1 amide bonds. The number of hydrogen-bond acceptors (Lipinski definition) is 4. The lowest BCUT2D eigenvalue weighted by molar-refractivity contribution is -0.119. The average Bonchev–Trinajstić information content (AvgIpc) is 3.14. The zero-order valence-electron chi connectivity index (χ0n) is 13.3. The van der Waals surface area contributed by atoms with E-state index < -0.39 is 30.1 Å². The molecule has 1 heterocycles. The van der Waals surface area contributed by atoms with Crippen molar-refractivity contribution < 1.29 is 23.1 Å². The monoisotopic (exact) mass is 357 g/mol. The Kier molecular flexibility index (Phi) is 5.02. The minimum atomic E-state index is -0.800. The standard InChI is InChI=1S/C18H13F2N3O3/c19-12-6-7-13(20)15(8-12)21-17(24)10-26-18(25)16-9-14(22-23-16)11-4-2-1-3-5-11/h1-9H,10H2,(H,21,24)(H,22,23). The number of carbonyl (C=O) groups excluding carboxylic acids is 2. The number of halogens is 2. The summed E-state index contributed by atoms with van der Waals surface area (Å²) in [6.07, 6.45) is 0. The second-order valence-electron chi connectivity index (χ2n) is 5.28. The first-order valence-corrected chi connectivity index (χ1v) is 7.56. The first kappa shape index (κ1) is 17.3. The van der Waals surface area contributed by atoms with E-state index in [2.05, 4.69) is 15.5 Å². The van der Waals surface area contributed by atoms with E-state index in [0.29, 0.717) is 5.69 Å². The van der Waals surface area contributed by atoms with E-state index in [1.807, 2.05) is 30.3 Å². The summed E-state index contributed by atoms with van der Waals surface area (Å²) in [6.45, 7) is -0.658. The number of rotatable bonds is 5. The van der Waals surface area contributed by atoms with Crippen molar-refractivity contribution in [2.75, 3.05) is 11.9 Å². The number of nitrogens with zero attached hydrogens (tertiary/aromatic N) is 1. The van der Waals surface area contributed by atoms with Gasteiger partial charge in [0.25, 0.3) is 5.91 Å². The van der Waals surface area contributed by atoms with Gasteiger partial charge in [-0.1, -0.05) is 30.3 Å². The van der Waals surface area contributed by atoms with Crippen LogP contribution in [0.15, 0.2) is 54.6 Å². The summed E-state index contributed by atoms with van der Waals surface area (Å²) < 4.78 is 31.4. The van der Waals surface area contributed by atoms with E-state index in [9.17, 15) is 18.4 Å². The summed E-state index contributed by atoms with van der Waals surface area (Å²) in [4.78, 5) is 23.7. The molecule has 0 fully saturated rings. The van der Waals surface area contributed by atoms with Gasteiger partial charge in [-0.3, -0.25) is 9.89 Å². The molecule has 0 bridgehead atoms. The quantitative estimate of drug-likeness (QED) is 0.687. The van der Waals surface area contributed by atoms with E-state index in [4.69, 9.17) is 4.74 Å². The van der Waals surface area contributed by atoms with Crippen LogP contribution in [0.2, 0.25) is 0 Å². The van der Waals surface area contributed by atoms with Crippen molar-refractivity contribution in [3.63, 3.8) is 0 Å². The fourth-order valence-electron chi connectivity index (χ4n) is 2.17. The average molecular weight is 357 g/mol. The van der Waals surface area contributed by atoms with E-state index in [1.165, 1.54) is 6.07 Å². The van der Waals surface area contributed by atoms with Crippen LogP contribution in [0, 0.1) is 11.6 Å². The zero-order valence-corrected chi connectivity index (χ0v) is 13.3. The molecule has 8 heteroatoms. The van der Waals surface area contributed by atoms with Crippen LogP contribution in [0.4, 0.5) is 14.5 Å². The van der Waals surface area contributed by atoms with Crippen LogP contribution in [-0.2, 0) is 9.53 Å². The molecular weight excluding hydrogens is 344 g/mol. The topological polar surface area (TPSA) is 84.1 Å². The molecule has 3 aromatic rings. The van der Waals surface area contributed by atoms with Crippen molar-refractivity contribution in [3.05, 3.63) is 71.9 Å². The normalized spacial score (nSPS) is 10.4. The zero-order chi connectivity index (χ0) is 18.5. The number of ether oxygens (including phenoxy) is 1. The lowest BCUT2D eigenvalue weighted by atomic mass is 10.1. The Balaban J connectivity index is 1.58. The van der Waals surface area contributed by atoms with Crippen LogP contribution in [0.3, 0.4) is 0 Å². The third kappa shape index (κ3) is 4.10. The number of H-pyrrole nitrogens is 1. The van der Waals surface area contributed by atoms with Gasteiger partial charge in [-0.15, -0.1) is 0 Å². The van der Waals surface area contributed by atoms with Gasteiger partial charge in [-0.05, 0) is 18.2 Å². The predicted octanol–water partition coefficient (Wildman–Crippen LogP) is 3.15. The molecule has 2 N–H and O–H groups in total. The maximum absolute atomic E-state index is 13.5. The third-order valence-electron chi connectivity index (χ3n) is 3.40. The summed E-state index contributed by atoms with van der Waals surface area (Å²) in [5.41, 5.74) is 1.08. The maximum Gasteiger partial charge on any atom is 0.356 e. The highest BCUT2D eigenvalue weighted by atomic mass is 19.1. The number of hydrogen-bond donors (Lipinski definition) is 2. The minimum Gasteiger partial charge on any atom is -0.451 e. The molecule has 3 rings (SSSR count). The molecule has 2 aromatic carbocycles. The van der Waals surface area contributed by atoms with Gasteiger partial charge in [0.15, 0.2) is 6.61 Å². The molecule has 0 saturated heterocycles. The molecule has 0 unspecified atom stereocenters. The minimum absolute atomic E-state index is 0.0635. The molecule has 0 aliphatic carbocycles. The number of esters is 1. The van der Waals surface area contributed by atoms with Gasteiger partial charge < -0.3 is 10.1 Å². The molecule has 0 spiro atoms. The highest BCUT2D eigenvalue weighted by Crippen LogP contribution is 2.17. The molecule has 132 valence electrons. The second-order valence-corrected chi connectivity index (χ2v) is 5.28. The summed E-state index contributed by atoms with van der Waals surface area (Å²) in [5.74, 6) is -3.10. The van der Waals surface area contributed by atoms with Crippen LogP contribution < -0.4 is 5.32 Å². The van der Waals surface area contributed by atoms with Crippen molar-refractivity contribution in [3.8, 4) is 11.3 Å². The van der Waals surface area contributed by atoms with Crippen molar-refractivity contribution in [2.45, 2.75) is 0 Å². The van der Waals surface area contributed by atoms with Gasteiger partial charge in [0.05, 0.1) is 11.4 Å². The van der Waals surface area contributed by atoms with Crippen molar-refractivity contribution in [2.24, 2.45) is 0 Å². The van der Waals surface area contributed by atoms with Gasteiger partial charge in [0, 0.05) is 11.6 Å². The van der Waals surface area contributed by atoms with Gasteiger partial charge in [-0.2, -0.15) is 5.10 Å². The molecule has 0 aliphatic heterocycles. The van der Waals surface area contributed by atoms with E-state index in [0.717, 1.165) is 23.8 Å². The highest BCUT2D eigenvalue weighted by Gasteiger charge is 2.15. The van der Waals surface area contributed by atoms with Crippen molar-refractivity contribution >= 4 is 17.6 Å². The summed E-state index contributed by atoms with van der Waals surface area (Å²) in [6, 6.07) is 13.3. The first-order chi connectivity index (χ1) is 12.5. The van der Waals surface area contributed by atoms with E-state index in [-0.39, 0.29) is 11.4 Å². The Morgan fingerprint density at radius 3 is 2.62 bits per heavy atom. The molecule has 0 radical (unpaired) electrons. The fourth-order valence-corrected chi connectivity index (χ4v) is 2.17.